The summed E-state index contributed by atoms with van der Waals surface area (Å²) in [5.74, 6) is -1.01. The number of H-pyrrole nitrogens is 1. The van der Waals surface area contributed by atoms with Crippen LogP contribution in [0.2, 0.25) is 0 Å². The molecule has 1 aromatic heterocycles. The Hall–Kier alpha value is -1.51. The molecule has 0 unspecified atom stereocenters. The minimum atomic E-state index is -4.44. The van der Waals surface area contributed by atoms with Gasteiger partial charge < -0.3 is 10.3 Å². The maximum atomic E-state index is 11.9. The van der Waals surface area contributed by atoms with Crippen LogP contribution in [0.1, 0.15) is 19.0 Å². The lowest BCUT2D eigenvalue weighted by Gasteiger charge is -2.08. The third kappa shape index (κ3) is 6.60. The van der Waals surface area contributed by atoms with E-state index in [9.17, 15) is 22.8 Å². The van der Waals surface area contributed by atoms with E-state index in [1.54, 1.807) is 5.32 Å². The molecular weight excluding hydrogens is 295 g/mol. The van der Waals surface area contributed by atoms with Crippen LogP contribution in [0.5, 0.6) is 0 Å². The molecule has 0 radical (unpaired) electrons. The second-order valence-corrected chi connectivity index (χ2v) is 4.94. The van der Waals surface area contributed by atoms with Gasteiger partial charge in [-0.2, -0.15) is 13.2 Å². The Morgan fingerprint density at radius 1 is 1.50 bits per heavy atom. The number of alkyl halides is 3. The highest BCUT2D eigenvalue weighted by Crippen LogP contribution is 2.14. The molecule has 0 aromatic carbocycles. The van der Waals surface area contributed by atoms with Crippen molar-refractivity contribution in [2.45, 2.75) is 31.1 Å². The summed E-state index contributed by atoms with van der Waals surface area (Å²) in [5, 5.41) is 1.97. The van der Waals surface area contributed by atoms with Crippen LogP contribution in [-0.4, -0.2) is 34.3 Å². The van der Waals surface area contributed by atoms with Gasteiger partial charge in [-0.25, -0.2) is 4.98 Å². The van der Waals surface area contributed by atoms with E-state index in [-0.39, 0.29) is 16.5 Å². The summed E-state index contributed by atoms with van der Waals surface area (Å²) < 4.78 is 35.7. The Morgan fingerprint density at radius 2 is 2.20 bits per heavy atom. The molecule has 0 aliphatic heterocycles. The molecule has 0 aliphatic rings. The minimum absolute atomic E-state index is 0.225. The standard InChI is InChI=1S/C11H14F3N3O2S/c1-2-3-7-4-8(18)17-10(16-7)20-5-9(19)15-6-11(12,13)14/h4H,2-3,5-6H2,1H3,(H,15,19)(H,16,17,18). The number of rotatable bonds is 6. The Labute approximate surface area is 117 Å². The van der Waals surface area contributed by atoms with Crippen LogP contribution in [0.4, 0.5) is 13.2 Å². The fourth-order valence-electron chi connectivity index (χ4n) is 1.32. The van der Waals surface area contributed by atoms with E-state index in [4.69, 9.17) is 0 Å². The number of thioether (sulfide) groups is 1. The number of carbonyl (C=O) groups excluding carboxylic acids is 1. The number of nitrogens with zero attached hydrogens (tertiary/aromatic N) is 1. The molecule has 1 rings (SSSR count). The SMILES string of the molecule is CCCc1cc(=O)[nH]c(SCC(=O)NCC(F)(F)F)n1. The first-order chi connectivity index (χ1) is 9.30. The summed E-state index contributed by atoms with van der Waals surface area (Å²) >= 11 is 0.887. The van der Waals surface area contributed by atoms with Gasteiger partial charge in [0.05, 0.1) is 5.75 Å². The Morgan fingerprint density at radius 3 is 2.80 bits per heavy atom. The quantitative estimate of drug-likeness (QED) is 0.617. The van der Waals surface area contributed by atoms with Crippen molar-refractivity contribution in [1.29, 1.82) is 0 Å². The first kappa shape index (κ1) is 16.5. The van der Waals surface area contributed by atoms with Gasteiger partial charge in [-0.15, -0.1) is 0 Å². The maximum Gasteiger partial charge on any atom is 0.405 e. The van der Waals surface area contributed by atoms with Gasteiger partial charge in [0.15, 0.2) is 5.16 Å². The number of hydrogen-bond acceptors (Lipinski definition) is 4. The van der Waals surface area contributed by atoms with Gasteiger partial charge in [-0.05, 0) is 6.42 Å². The smallest absolute Gasteiger partial charge is 0.346 e. The molecule has 5 nitrogen and oxygen atoms in total. The summed E-state index contributed by atoms with van der Waals surface area (Å²) in [6.07, 6.45) is -3.00. The van der Waals surface area contributed by atoms with E-state index >= 15 is 0 Å². The molecule has 2 N–H and O–H groups in total. The van der Waals surface area contributed by atoms with Crippen molar-refractivity contribution in [3.8, 4) is 0 Å². The fraction of sp³-hybridized carbons (Fsp3) is 0.545. The summed E-state index contributed by atoms with van der Waals surface area (Å²) in [6.45, 7) is 0.562. The normalized spacial score (nSPS) is 11.4. The second-order valence-electron chi connectivity index (χ2n) is 3.97. The van der Waals surface area contributed by atoms with Crippen molar-refractivity contribution in [2.24, 2.45) is 0 Å². The average molecular weight is 309 g/mol. The van der Waals surface area contributed by atoms with E-state index in [1.807, 2.05) is 6.92 Å². The van der Waals surface area contributed by atoms with Crippen molar-refractivity contribution >= 4 is 17.7 Å². The lowest BCUT2D eigenvalue weighted by Crippen LogP contribution is -2.34. The Bertz CT molecular complexity index is 516. The van der Waals surface area contributed by atoms with Crippen LogP contribution < -0.4 is 10.9 Å². The van der Waals surface area contributed by atoms with Gasteiger partial charge in [-0.3, -0.25) is 9.59 Å². The zero-order valence-electron chi connectivity index (χ0n) is 10.7. The summed E-state index contributed by atoms with van der Waals surface area (Å²) in [6, 6.07) is 1.36. The highest BCUT2D eigenvalue weighted by molar-refractivity contribution is 7.99. The maximum absolute atomic E-state index is 11.9. The summed E-state index contributed by atoms with van der Waals surface area (Å²) in [4.78, 5) is 29.1. The molecular formula is C11H14F3N3O2S. The monoisotopic (exact) mass is 309 g/mol. The predicted octanol–water partition coefficient (Wildman–Crippen LogP) is 1.49. The molecule has 112 valence electrons. The molecule has 0 spiro atoms. The van der Waals surface area contributed by atoms with Crippen molar-refractivity contribution in [3.05, 3.63) is 22.1 Å². The number of carbonyl (C=O) groups is 1. The highest BCUT2D eigenvalue weighted by atomic mass is 32.2. The average Bonchev–Trinajstić information content (AvgIpc) is 2.33. The van der Waals surface area contributed by atoms with Crippen molar-refractivity contribution < 1.29 is 18.0 Å². The molecule has 0 saturated carbocycles. The highest BCUT2D eigenvalue weighted by Gasteiger charge is 2.27. The number of aryl methyl sites for hydroxylation is 1. The molecule has 0 bridgehead atoms. The lowest BCUT2D eigenvalue weighted by molar-refractivity contribution is -0.136. The number of aromatic nitrogens is 2. The molecule has 0 fully saturated rings. The number of halogens is 3. The number of aromatic amines is 1. The molecule has 1 heterocycles. The lowest BCUT2D eigenvalue weighted by atomic mass is 10.2. The minimum Gasteiger partial charge on any atom is -0.346 e. The molecule has 0 atom stereocenters. The largest absolute Gasteiger partial charge is 0.405 e. The van der Waals surface area contributed by atoms with E-state index < -0.39 is 18.6 Å². The zero-order valence-corrected chi connectivity index (χ0v) is 11.5. The molecule has 1 aromatic rings. The van der Waals surface area contributed by atoms with E-state index in [0.717, 1.165) is 18.2 Å². The second kappa shape index (κ2) is 7.32. The van der Waals surface area contributed by atoms with Crippen LogP contribution in [0.3, 0.4) is 0 Å². The zero-order chi connectivity index (χ0) is 15.2. The third-order valence-corrected chi connectivity index (χ3v) is 2.98. The fourth-order valence-corrected chi connectivity index (χ4v) is 2.04. The first-order valence-electron chi connectivity index (χ1n) is 5.86. The topological polar surface area (TPSA) is 74.8 Å². The van der Waals surface area contributed by atoms with Gasteiger partial charge >= 0.3 is 6.18 Å². The number of nitrogens with one attached hydrogen (secondary N) is 2. The van der Waals surface area contributed by atoms with Crippen molar-refractivity contribution in [3.63, 3.8) is 0 Å². The molecule has 0 aliphatic carbocycles. The van der Waals surface area contributed by atoms with Crippen LogP contribution in [0.15, 0.2) is 16.0 Å². The van der Waals surface area contributed by atoms with Gasteiger partial charge in [-0.1, -0.05) is 25.1 Å². The summed E-state index contributed by atoms with van der Waals surface area (Å²) in [7, 11) is 0. The first-order valence-corrected chi connectivity index (χ1v) is 6.85. The van der Waals surface area contributed by atoms with E-state index in [1.165, 1.54) is 6.07 Å². The van der Waals surface area contributed by atoms with Crippen LogP contribution in [0, 0.1) is 0 Å². The van der Waals surface area contributed by atoms with Crippen molar-refractivity contribution in [1.82, 2.24) is 15.3 Å². The van der Waals surface area contributed by atoms with Gasteiger partial charge in [0.1, 0.15) is 6.54 Å². The number of hydrogen-bond donors (Lipinski definition) is 2. The molecule has 20 heavy (non-hydrogen) atoms. The van der Waals surface area contributed by atoms with E-state index in [0.29, 0.717) is 12.1 Å². The van der Waals surface area contributed by atoms with Crippen LogP contribution in [-0.2, 0) is 11.2 Å². The van der Waals surface area contributed by atoms with Gasteiger partial charge in [0.25, 0.3) is 5.56 Å². The van der Waals surface area contributed by atoms with Crippen LogP contribution in [0.25, 0.3) is 0 Å². The molecule has 9 heteroatoms. The Balaban J connectivity index is 2.53. The third-order valence-electron chi connectivity index (χ3n) is 2.11. The van der Waals surface area contributed by atoms with Crippen molar-refractivity contribution in [2.75, 3.05) is 12.3 Å². The van der Waals surface area contributed by atoms with Gasteiger partial charge in [0, 0.05) is 11.8 Å². The van der Waals surface area contributed by atoms with Gasteiger partial charge in [0.2, 0.25) is 5.91 Å². The summed E-state index contributed by atoms with van der Waals surface area (Å²) in [5.41, 5.74) is 0.246. The molecule has 0 saturated heterocycles. The number of amides is 1. The van der Waals surface area contributed by atoms with Crippen LogP contribution >= 0.6 is 11.8 Å². The predicted molar refractivity (Wildman–Crippen MR) is 68.6 cm³/mol. The Kier molecular flexibility index (Phi) is 6.05. The molecule has 1 amide bonds. The van der Waals surface area contributed by atoms with E-state index in [2.05, 4.69) is 9.97 Å².